The predicted molar refractivity (Wildman–Crippen MR) is 102 cm³/mol. The summed E-state index contributed by atoms with van der Waals surface area (Å²) < 4.78 is 15.8. The van der Waals surface area contributed by atoms with E-state index in [2.05, 4.69) is 5.16 Å². The molecular weight excluding hydrogens is 342 g/mol. The van der Waals surface area contributed by atoms with E-state index in [1.54, 1.807) is 19.2 Å². The molecule has 27 heavy (non-hydrogen) atoms. The second-order valence-electron chi connectivity index (χ2n) is 6.05. The molecule has 134 valence electrons. The SMILES string of the molecule is COc1ccc(-c2cc(COC(=O)c3ccc4ccccc4c3)no2)cc1. The summed E-state index contributed by atoms with van der Waals surface area (Å²) in [5, 5.41) is 6.04. The largest absolute Gasteiger partial charge is 0.497 e. The van der Waals surface area contributed by atoms with Crippen LogP contribution in [0, 0.1) is 0 Å². The topological polar surface area (TPSA) is 61.6 Å². The van der Waals surface area contributed by atoms with Gasteiger partial charge in [-0.05, 0) is 47.2 Å². The lowest BCUT2D eigenvalue weighted by Gasteiger charge is -2.04. The van der Waals surface area contributed by atoms with Gasteiger partial charge in [-0.2, -0.15) is 0 Å². The molecule has 0 spiro atoms. The van der Waals surface area contributed by atoms with E-state index in [-0.39, 0.29) is 6.61 Å². The average molecular weight is 359 g/mol. The highest BCUT2D eigenvalue weighted by Gasteiger charge is 2.12. The third-order valence-electron chi connectivity index (χ3n) is 4.27. The Morgan fingerprint density at radius 2 is 1.74 bits per heavy atom. The molecule has 5 nitrogen and oxygen atoms in total. The van der Waals surface area contributed by atoms with Gasteiger partial charge in [-0.3, -0.25) is 0 Å². The first-order valence-corrected chi connectivity index (χ1v) is 8.49. The molecule has 4 aromatic rings. The van der Waals surface area contributed by atoms with E-state index in [9.17, 15) is 4.79 Å². The first-order chi connectivity index (χ1) is 13.2. The van der Waals surface area contributed by atoms with Crippen LogP contribution in [0.4, 0.5) is 0 Å². The average Bonchev–Trinajstić information content (AvgIpc) is 3.21. The van der Waals surface area contributed by atoms with Crippen LogP contribution < -0.4 is 4.74 Å². The molecule has 0 atom stereocenters. The van der Waals surface area contributed by atoms with Gasteiger partial charge >= 0.3 is 5.97 Å². The normalized spacial score (nSPS) is 10.7. The zero-order valence-electron chi connectivity index (χ0n) is 14.7. The Hall–Kier alpha value is -3.60. The highest BCUT2D eigenvalue weighted by atomic mass is 16.5. The van der Waals surface area contributed by atoms with Gasteiger partial charge in [0.1, 0.15) is 18.1 Å². The van der Waals surface area contributed by atoms with Gasteiger partial charge in [0.15, 0.2) is 5.76 Å². The number of nitrogens with zero attached hydrogens (tertiary/aromatic N) is 1. The quantitative estimate of drug-likeness (QED) is 0.476. The van der Waals surface area contributed by atoms with Crippen LogP contribution in [0.2, 0.25) is 0 Å². The Morgan fingerprint density at radius 1 is 0.963 bits per heavy atom. The lowest BCUT2D eigenvalue weighted by atomic mass is 10.1. The third kappa shape index (κ3) is 3.67. The summed E-state index contributed by atoms with van der Waals surface area (Å²) in [6.45, 7) is 0.0469. The predicted octanol–water partition coefficient (Wildman–Crippen LogP) is 4.86. The van der Waals surface area contributed by atoms with Crippen molar-refractivity contribution in [3.05, 3.63) is 84.1 Å². The van der Waals surface area contributed by atoms with Gasteiger partial charge in [0.2, 0.25) is 0 Å². The molecule has 4 rings (SSSR count). The number of benzene rings is 3. The molecule has 1 aromatic heterocycles. The number of esters is 1. The van der Waals surface area contributed by atoms with Crippen molar-refractivity contribution in [1.82, 2.24) is 5.16 Å². The summed E-state index contributed by atoms with van der Waals surface area (Å²) >= 11 is 0. The Morgan fingerprint density at radius 3 is 2.52 bits per heavy atom. The molecule has 3 aromatic carbocycles. The highest BCUT2D eigenvalue weighted by molar-refractivity contribution is 5.95. The molecule has 0 saturated heterocycles. The highest BCUT2D eigenvalue weighted by Crippen LogP contribution is 2.23. The Balaban J connectivity index is 1.43. The molecule has 0 unspecified atom stereocenters. The monoisotopic (exact) mass is 359 g/mol. The molecule has 0 aliphatic rings. The second-order valence-corrected chi connectivity index (χ2v) is 6.05. The third-order valence-corrected chi connectivity index (χ3v) is 4.27. The summed E-state index contributed by atoms with van der Waals surface area (Å²) in [5.41, 5.74) is 1.93. The zero-order valence-corrected chi connectivity index (χ0v) is 14.7. The molecule has 0 aliphatic heterocycles. The van der Waals surface area contributed by atoms with Gasteiger partial charge in [-0.15, -0.1) is 0 Å². The molecule has 0 N–H and O–H groups in total. The Kier molecular flexibility index (Phi) is 4.58. The van der Waals surface area contributed by atoms with Gasteiger partial charge in [0.05, 0.1) is 12.7 Å². The van der Waals surface area contributed by atoms with Gasteiger partial charge in [-0.25, -0.2) is 4.79 Å². The van der Waals surface area contributed by atoms with Gasteiger partial charge < -0.3 is 14.0 Å². The first-order valence-electron chi connectivity index (χ1n) is 8.49. The van der Waals surface area contributed by atoms with E-state index in [4.69, 9.17) is 14.0 Å². The molecule has 5 heteroatoms. The summed E-state index contributed by atoms with van der Waals surface area (Å²) in [7, 11) is 1.62. The molecule has 0 aliphatic carbocycles. The fraction of sp³-hybridized carbons (Fsp3) is 0.0909. The molecule has 0 fully saturated rings. The molecule has 0 saturated carbocycles. The fourth-order valence-electron chi connectivity index (χ4n) is 2.81. The fourth-order valence-corrected chi connectivity index (χ4v) is 2.81. The van der Waals surface area contributed by atoms with Crippen molar-refractivity contribution in [2.24, 2.45) is 0 Å². The first kappa shape index (κ1) is 16.8. The number of aromatic nitrogens is 1. The van der Waals surface area contributed by atoms with Gasteiger partial charge in [0, 0.05) is 11.6 Å². The van der Waals surface area contributed by atoms with Crippen LogP contribution in [0.25, 0.3) is 22.1 Å². The van der Waals surface area contributed by atoms with Crippen molar-refractivity contribution in [2.45, 2.75) is 6.61 Å². The number of rotatable bonds is 5. The maximum atomic E-state index is 12.3. The molecule has 0 radical (unpaired) electrons. The number of hydrogen-bond acceptors (Lipinski definition) is 5. The van der Waals surface area contributed by atoms with Crippen molar-refractivity contribution in [1.29, 1.82) is 0 Å². The van der Waals surface area contributed by atoms with Gasteiger partial charge in [0.25, 0.3) is 0 Å². The number of fused-ring (bicyclic) bond motifs is 1. The van der Waals surface area contributed by atoms with Gasteiger partial charge in [-0.1, -0.05) is 35.5 Å². The van der Waals surface area contributed by atoms with E-state index in [0.717, 1.165) is 22.1 Å². The second kappa shape index (κ2) is 7.33. The van der Waals surface area contributed by atoms with Crippen LogP contribution in [0.15, 0.2) is 77.3 Å². The standard InChI is InChI=1S/C22H17NO4/c1-25-20-10-8-16(9-11-20)21-13-19(23-27-21)14-26-22(24)18-7-6-15-4-2-3-5-17(15)12-18/h2-13H,14H2,1H3. The van der Waals surface area contributed by atoms with Crippen LogP contribution in [-0.2, 0) is 11.3 Å². The van der Waals surface area contributed by atoms with E-state index in [0.29, 0.717) is 17.0 Å². The van der Waals surface area contributed by atoms with Crippen molar-refractivity contribution >= 4 is 16.7 Å². The summed E-state index contributed by atoms with van der Waals surface area (Å²) in [6.07, 6.45) is 0. The van der Waals surface area contributed by atoms with Crippen LogP contribution in [0.3, 0.4) is 0 Å². The zero-order chi connectivity index (χ0) is 18.6. The van der Waals surface area contributed by atoms with E-state index in [1.807, 2.05) is 60.7 Å². The number of methoxy groups -OCH3 is 1. The van der Waals surface area contributed by atoms with Crippen LogP contribution >= 0.6 is 0 Å². The van der Waals surface area contributed by atoms with E-state index < -0.39 is 5.97 Å². The van der Waals surface area contributed by atoms with E-state index in [1.165, 1.54) is 0 Å². The minimum Gasteiger partial charge on any atom is -0.497 e. The van der Waals surface area contributed by atoms with Crippen molar-refractivity contribution in [3.63, 3.8) is 0 Å². The summed E-state index contributed by atoms with van der Waals surface area (Å²) in [4.78, 5) is 12.3. The number of ether oxygens (including phenoxy) is 2. The summed E-state index contributed by atoms with van der Waals surface area (Å²) in [6, 6.07) is 22.6. The van der Waals surface area contributed by atoms with Crippen LogP contribution in [0.1, 0.15) is 16.1 Å². The van der Waals surface area contributed by atoms with Crippen molar-refractivity contribution in [2.75, 3.05) is 7.11 Å². The van der Waals surface area contributed by atoms with E-state index >= 15 is 0 Å². The lowest BCUT2D eigenvalue weighted by Crippen LogP contribution is -2.05. The summed E-state index contributed by atoms with van der Waals surface area (Å²) in [5.74, 6) is 0.979. The van der Waals surface area contributed by atoms with Crippen molar-refractivity contribution < 1.29 is 18.8 Å². The molecule has 0 bridgehead atoms. The maximum absolute atomic E-state index is 12.3. The van der Waals surface area contributed by atoms with Crippen molar-refractivity contribution in [3.8, 4) is 17.1 Å². The molecule has 1 heterocycles. The van der Waals surface area contributed by atoms with Crippen LogP contribution in [-0.4, -0.2) is 18.2 Å². The molecular formula is C22H17NO4. The smallest absolute Gasteiger partial charge is 0.338 e. The molecule has 0 amide bonds. The Labute approximate surface area is 156 Å². The lowest BCUT2D eigenvalue weighted by molar-refractivity contribution is 0.0464. The number of hydrogen-bond donors (Lipinski definition) is 0. The van der Waals surface area contributed by atoms with Crippen LogP contribution in [0.5, 0.6) is 5.75 Å². The minimum atomic E-state index is -0.394. The maximum Gasteiger partial charge on any atom is 0.338 e. The Bertz CT molecular complexity index is 1080. The minimum absolute atomic E-state index is 0.0469. The number of carbonyl (C=O) groups is 1. The number of carbonyl (C=O) groups excluding carboxylic acids is 1.